The summed E-state index contributed by atoms with van der Waals surface area (Å²) in [5, 5.41) is 16.7. The molecule has 6 heteroatoms. The molecular weight excluding hydrogens is 244 g/mol. The molecule has 19 heavy (non-hydrogen) atoms. The average molecular weight is 266 g/mol. The Morgan fingerprint density at radius 1 is 1.37 bits per heavy atom. The molecule has 0 saturated carbocycles. The summed E-state index contributed by atoms with van der Waals surface area (Å²) in [7, 11) is 1.83. The van der Waals surface area contributed by atoms with Crippen molar-refractivity contribution in [1.82, 2.24) is 9.97 Å². The predicted molar refractivity (Wildman–Crippen MR) is 74.5 cm³/mol. The van der Waals surface area contributed by atoms with E-state index in [1.165, 1.54) is 0 Å². The molecular formula is C13H22N4O2. The summed E-state index contributed by atoms with van der Waals surface area (Å²) in [6.45, 7) is 6.72. The first-order chi connectivity index (χ1) is 8.96. The van der Waals surface area contributed by atoms with Crippen molar-refractivity contribution in [3.63, 3.8) is 0 Å². The van der Waals surface area contributed by atoms with Gasteiger partial charge in [0, 0.05) is 32.2 Å². The molecule has 106 valence electrons. The third-order valence-corrected chi connectivity index (χ3v) is 3.72. The summed E-state index contributed by atoms with van der Waals surface area (Å²) < 4.78 is 5.42. The second-order valence-electron chi connectivity index (χ2n) is 5.06. The van der Waals surface area contributed by atoms with E-state index < -0.39 is 5.60 Å². The first-order valence-corrected chi connectivity index (χ1v) is 6.57. The minimum Gasteiger partial charge on any atom is -0.385 e. The predicted octanol–water partition coefficient (Wildman–Crippen LogP) is 1.09. The van der Waals surface area contributed by atoms with Crippen LogP contribution in [0.5, 0.6) is 0 Å². The molecule has 1 aromatic rings. The quantitative estimate of drug-likeness (QED) is 0.757. The van der Waals surface area contributed by atoms with Crippen molar-refractivity contribution in [2.45, 2.75) is 38.9 Å². The fourth-order valence-corrected chi connectivity index (χ4v) is 2.28. The summed E-state index contributed by atoms with van der Waals surface area (Å²) in [5.41, 5.74) is 0.119. The molecule has 6 nitrogen and oxygen atoms in total. The zero-order valence-electron chi connectivity index (χ0n) is 11.9. The lowest BCUT2D eigenvalue weighted by atomic mass is 9.97. The van der Waals surface area contributed by atoms with Crippen molar-refractivity contribution in [2.75, 3.05) is 30.8 Å². The highest BCUT2D eigenvalue weighted by Gasteiger charge is 2.39. The lowest BCUT2D eigenvalue weighted by molar-refractivity contribution is -0.0176. The van der Waals surface area contributed by atoms with Crippen LogP contribution in [-0.4, -0.2) is 47.0 Å². The van der Waals surface area contributed by atoms with E-state index in [1.807, 2.05) is 27.8 Å². The number of aromatic nitrogens is 2. The van der Waals surface area contributed by atoms with Crippen LogP contribution in [0.2, 0.25) is 0 Å². The Labute approximate surface area is 113 Å². The molecule has 2 heterocycles. The molecule has 1 aliphatic heterocycles. The van der Waals surface area contributed by atoms with Crippen LogP contribution in [0.25, 0.3) is 0 Å². The summed E-state index contributed by atoms with van der Waals surface area (Å²) in [5.74, 6) is 2.25. The van der Waals surface area contributed by atoms with Crippen molar-refractivity contribution in [1.29, 1.82) is 0 Å². The number of aryl methyl sites for hydroxylation is 1. The number of nitrogens with one attached hydrogen (secondary N) is 2. The number of ether oxygens (including phenoxy) is 1. The topological polar surface area (TPSA) is 79.3 Å². The largest absolute Gasteiger partial charge is 0.385 e. The Bertz CT molecular complexity index is 466. The first-order valence-electron chi connectivity index (χ1n) is 6.57. The van der Waals surface area contributed by atoms with Gasteiger partial charge in [0.1, 0.15) is 23.1 Å². The SMILES string of the molecule is CNc1nc(C)nc(NCC2(O)CCOC2C)c1C. The lowest BCUT2D eigenvalue weighted by Gasteiger charge is -2.27. The van der Waals surface area contributed by atoms with Gasteiger partial charge in [0.25, 0.3) is 0 Å². The Hall–Kier alpha value is -1.40. The highest BCUT2D eigenvalue weighted by molar-refractivity contribution is 5.57. The summed E-state index contributed by atoms with van der Waals surface area (Å²) >= 11 is 0. The van der Waals surface area contributed by atoms with Gasteiger partial charge in [-0.2, -0.15) is 0 Å². The lowest BCUT2D eigenvalue weighted by Crippen LogP contribution is -2.43. The van der Waals surface area contributed by atoms with Gasteiger partial charge in [0.05, 0.1) is 6.10 Å². The molecule has 2 atom stereocenters. The Morgan fingerprint density at radius 2 is 2.05 bits per heavy atom. The molecule has 0 bridgehead atoms. The van der Waals surface area contributed by atoms with E-state index in [4.69, 9.17) is 4.74 Å². The van der Waals surface area contributed by atoms with Gasteiger partial charge in [0.2, 0.25) is 0 Å². The fraction of sp³-hybridized carbons (Fsp3) is 0.692. The maximum absolute atomic E-state index is 10.5. The van der Waals surface area contributed by atoms with E-state index >= 15 is 0 Å². The molecule has 1 fully saturated rings. The summed E-state index contributed by atoms with van der Waals surface area (Å²) in [6.07, 6.45) is 0.482. The van der Waals surface area contributed by atoms with Crippen LogP contribution >= 0.6 is 0 Å². The monoisotopic (exact) mass is 266 g/mol. The Morgan fingerprint density at radius 3 is 2.63 bits per heavy atom. The maximum atomic E-state index is 10.5. The molecule has 3 N–H and O–H groups in total. The third-order valence-electron chi connectivity index (χ3n) is 3.72. The summed E-state index contributed by atoms with van der Waals surface area (Å²) in [4.78, 5) is 8.70. The number of aliphatic hydroxyl groups is 1. The Balaban J connectivity index is 2.13. The molecule has 0 radical (unpaired) electrons. The highest BCUT2D eigenvalue weighted by Crippen LogP contribution is 2.27. The molecule has 0 aliphatic carbocycles. The van der Waals surface area contributed by atoms with Crippen LogP contribution in [0.4, 0.5) is 11.6 Å². The van der Waals surface area contributed by atoms with Gasteiger partial charge in [-0.1, -0.05) is 0 Å². The third kappa shape index (κ3) is 2.79. The molecule has 2 unspecified atom stereocenters. The van der Waals surface area contributed by atoms with Crippen LogP contribution in [0.3, 0.4) is 0 Å². The van der Waals surface area contributed by atoms with Crippen molar-refractivity contribution >= 4 is 11.6 Å². The molecule has 0 spiro atoms. The van der Waals surface area contributed by atoms with Gasteiger partial charge in [-0.3, -0.25) is 0 Å². The number of hydrogen-bond acceptors (Lipinski definition) is 6. The molecule has 1 saturated heterocycles. The van der Waals surface area contributed by atoms with Crippen LogP contribution in [0.1, 0.15) is 24.7 Å². The highest BCUT2D eigenvalue weighted by atomic mass is 16.5. The van der Waals surface area contributed by atoms with Gasteiger partial charge in [-0.25, -0.2) is 9.97 Å². The zero-order valence-corrected chi connectivity index (χ0v) is 11.9. The maximum Gasteiger partial charge on any atom is 0.134 e. The van der Waals surface area contributed by atoms with E-state index in [0.29, 0.717) is 25.4 Å². The standard InChI is InChI=1S/C13H22N4O2/c1-8-11(14-4)16-10(3)17-12(8)15-7-13(18)5-6-19-9(13)2/h9,18H,5-7H2,1-4H3,(H2,14,15,16,17). The second-order valence-corrected chi connectivity index (χ2v) is 5.06. The number of hydrogen-bond donors (Lipinski definition) is 3. The van der Waals surface area contributed by atoms with Crippen LogP contribution < -0.4 is 10.6 Å². The van der Waals surface area contributed by atoms with Gasteiger partial charge in [-0.15, -0.1) is 0 Å². The minimum absolute atomic E-state index is 0.160. The van der Waals surface area contributed by atoms with E-state index in [9.17, 15) is 5.11 Å². The minimum atomic E-state index is -0.828. The molecule has 0 amide bonds. The van der Waals surface area contributed by atoms with Crippen molar-refractivity contribution in [3.8, 4) is 0 Å². The first kappa shape index (κ1) is 14.0. The van der Waals surface area contributed by atoms with Crippen molar-refractivity contribution in [3.05, 3.63) is 11.4 Å². The van der Waals surface area contributed by atoms with E-state index in [0.717, 1.165) is 17.2 Å². The van der Waals surface area contributed by atoms with E-state index in [-0.39, 0.29) is 6.10 Å². The van der Waals surface area contributed by atoms with Gasteiger partial charge < -0.3 is 20.5 Å². The van der Waals surface area contributed by atoms with Gasteiger partial charge in [-0.05, 0) is 20.8 Å². The van der Waals surface area contributed by atoms with Crippen LogP contribution in [-0.2, 0) is 4.74 Å². The van der Waals surface area contributed by atoms with Gasteiger partial charge >= 0.3 is 0 Å². The second kappa shape index (κ2) is 5.30. The normalized spacial score (nSPS) is 26.5. The molecule has 2 rings (SSSR count). The fourth-order valence-electron chi connectivity index (χ4n) is 2.28. The molecule has 1 aliphatic rings. The van der Waals surface area contributed by atoms with Crippen LogP contribution in [0, 0.1) is 13.8 Å². The number of nitrogens with zero attached hydrogens (tertiary/aromatic N) is 2. The number of rotatable bonds is 4. The molecule has 1 aromatic heterocycles. The Kier molecular flexibility index (Phi) is 3.91. The summed E-state index contributed by atoms with van der Waals surface area (Å²) in [6, 6.07) is 0. The van der Waals surface area contributed by atoms with Crippen LogP contribution in [0.15, 0.2) is 0 Å². The van der Waals surface area contributed by atoms with Crippen molar-refractivity contribution in [2.24, 2.45) is 0 Å². The average Bonchev–Trinajstić information content (AvgIpc) is 2.71. The smallest absolute Gasteiger partial charge is 0.134 e. The van der Waals surface area contributed by atoms with E-state index in [2.05, 4.69) is 20.6 Å². The van der Waals surface area contributed by atoms with E-state index in [1.54, 1.807) is 0 Å². The number of anilines is 2. The van der Waals surface area contributed by atoms with Crippen molar-refractivity contribution < 1.29 is 9.84 Å². The molecule has 0 aromatic carbocycles. The van der Waals surface area contributed by atoms with Gasteiger partial charge in [0.15, 0.2) is 0 Å². The zero-order chi connectivity index (χ0) is 14.0.